The Labute approximate surface area is 175 Å². The largest absolute Gasteiger partial charge is 0.481 e. The van der Waals surface area contributed by atoms with Crippen LogP contribution >= 0.6 is 7.14 Å². The Morgan fingerprint density at radius 3 is 1.83 bits per heavy atom. The van der Waals surface area contributed by atoms with Crippen LogP contribution in [0.3, 0.4) is 0 Å². The van der Waals surface area contributed by atoms with E-state index in [1.165, 1.54) is 0 Å². The minimum absolute atomic E-state index is 0.303. The summed E-state index contributed by atoms with van der Waals surface area (Å²) in [5, 5.41) is 9.88. The van der Waals surface area contributed by atoms with Crippen LogP contribution in [0, 0.1) is 20.8 Å². The van der Waals surface area contributed by atoms with Gasteiger partial charge in [-0.2, -0.15) is 0 Å². The summed E-state index contributed by atoms with van der Waals surface area (Å²) < 4.78 is 19.9. The molecule has 1 N–H and O–H groups in total. The molecule has 30 heavy (non-hydrogen) atoms. The first-order chi connectivity index (χ1) is 14.3. The van der Waals surface area contributed by atoms with Crippen molar-refractivity contribution in [2.75, 3.05) is 6.61 Å². The summed E-state index contributed by atoms with van der Waals surface area (Å²) in [4.78, 5) is 24.8. The molecule has 0 saturated carbocycles. The van der Waals surface area contributed by atoms with Crippen LogP contribution in [0.2, 0.25) is 0 Å². The maximum atomic E-state index is 14.4. The highest BCUT2D eigenvalue weighted by molar-refractivity contribution is 7.93. The van der Waals surface area contributed by atoms with Gasteiger partial charge in [-0.05, 0) is 31.9 Å². The fraction of sp³-hybridized carbons (Fsp3) is 0.167. The predicted octanol–water partition coefficient (Wildman–Crippen LogP) is 4.23. The lowest BCUT2D eigenvalue weighted by Crippen LogP contribution is -2.24. The Hall–Kier alpha value is -3.17. The smallest absolute Gasteiger partial charge is 0.341 e. The molecule has 0 spiro atoms. The van der Waals surface area contributed by atoms with Crippen molar-refractivity contribution in [2.45, 2.75) is 20.8 Å². The van der Waals surface area contributed by atoms with Crippen LogP contribution in [0.5, 0.6) is 5.75 Å². The normalized spacial score (nSPS) is 11.2. The van der Waals surface area contributed by atoms with E-state index in [-0.39, 0.29) is 0 Å². The molecule has 0 fully saturated rings. The number of hydrogen-bond donors (Lipinski definition) is 1. The molecule has 0 aromatic heterocycles. The maximum absolute atomic E-state index is 14.4. The van der Waals surface area contributed by atoms with Crippen molar-refractivity contribution >= 4 is 29.2 Å². The predicted molar refractivity (Wildman–Crippen MR) is 118 cm³/mol. The van der Waals surface area contributed by atoms with Gasteiger partial charge in [-0.3, -0.25) is 4.79 Å². The van der Waals surface area contributed by atoms with Gasteiger partial charge >= 0.3 is 5.97 Å². The molecule has 154 valence electrons. The van der Waals surface area contributed by atoms with Crippen LogP contribution in [-0.4, -0.2) is 23.2 Å². The number of hydrogen-bond acceptors (Lipinski definition) is 4. The van der Waals surface area contributed by atoms with E-state index in [4.69, 9.17) is 9.84 Å². The number of carbonyl (C=O) groups excluding carboxylic acids is 1. The Morgan fingerprint density at radius 1 is 0.867 bits per heavy atom. The molecule has 0 atom stereocenters. The molecule has 0 heterocycles. The van der Waals surface area contributed by atoms with Crippen molar-refractivity contribution in [3.63, 3.8) is 0 Å². The first-order valence-electron chi connectivity index (χ1n) is 9.48. The van der Waals surface area contributed by atoms with Crippen molar-refractivity contribution in [1.82, 2.24) is 0 Å². The fourth-order valence-electron chi connectivity index (χ4n) is 3.67. The molecule has 0 aliphatic rings. The minimum atomic E-state index is -3.67. The number of aliphatic carboxylic acids is 1. The monoisotopic (exact) mass is 422 g/mol. The molecular formula is C24H23O5P. The Kier molecular flexibility index (Phi) is 6.23. The third-order valence-corrected chi connectivity index (χ3v) is 7.83. The van der Waals surface area contributed by atoms with Gasteiger partial charge in [0.05, 0.1) is 0 Å². The van der Waals surface area contributed by atoms with Crippen LogP contribution in [0.1, 0.15) is 27.0 Å². The summed E-state index contributed by atoms with van der Waals surface area (Å²) in [6.45, 7) is 4.76. The zero-order chi connectivity index (χ0) is 21.9. The molecule has 3 rings (SSSR count). The molecule has 0 aliphatic heterocycles. The van der Waals surface area contributed by atoms with E-state index in [9.17, 15) is 14.2 Å². The second kappa shape index (κ2) is 8.68. The van der Waals surface area contributed by atoms with Gasteiger partial charge in [-0.15, -0.1) is 0 Å². The third-order valence-electron chi connectivity index (χ3n) is 4.98. The average Bonchev–Trinajstić information content (AvgIpc) is 2.73. The zero-order valence-corrected chi connectivity index (χ0v) is 18.0. The minimum Gasteiger partial charge on any atom is -0.481 e. The number of carbonyl (C=O) groups is 2. The van der Waals surface area contributed by atoms with Gasteiger partial charge in [0.25, 0.3) is 0 Å². The van der Waals surface area contributed by atoms with Crippen molar-refractivity contribution < 1.29 is 24.0 Å². The van der Waals surface area contributed by atoms with E-state index in [0.29, 0.717) is 33.0 Å². The summed E-state index contributed by atoms with van der Waals surface area (Å²) in [6, 6.07) is 19.2. The summed E-state index contributed by atoms with van der Waals surface area (Å²) in [5.41, 5.74) is 1.69. The molecular weight excluding hydrogens is 399 g/mol. The first kappa shape index (κ1) is 21.5. The standard InChI is InChI=1S/C24H23O5P/c1-16-14-17(2)23(29-15-21(25)26)18(3)22(16)24(27)30(28,19-10-6-4-7-11-19)20-12-8-5-9-13-20/h4-14H,15H2,1-3H3,(H,25,26). The van der Waals surface area contributed by atoms with Crippen molar-refractivity contribution in [3.05, 3.63) is 89.0 Å². The number of ether oxygens (including phenoxy) is 1. The lowest BCUT2D eigenvalue weighted by atomic mass is 9.99. The zero-order valence-electron chi connectivity index (χ0n) is 17.1. The third kappa shape index (κ3) is 3.94. The van der Waals surface area contributed by atoms with Gasteiger partial charge in [0, 0.05) is 21.7 Å². The van der Waals surface area contributed by atoms with E-state index in [2.05, 4.69) is 0 Å². The molecule has 0 aliphatic carbocycles. The van der Waals surface area contributed by atoms with Gasteiger partial charge in [0.15, 0.2) is 6.61 Å². The Morgan fingerprint density at radius 2 is 1.37 bits per heavy atom. The van der Waals surface area contributed by atoms with Gasteiger partial charge in [-0.25, -0.2) is 4.79 Å². The lowest BCUT2D eigenvalue weighted by molar-refractivity contribution is -0.139. The molecule has 5 nitrogen and oxygen atoms in total. The number of aryl methyl sites for hydroxylation is 2. The quantitative estimate of drug-likeness (QED) is 0.577. The topological polar surface area (TPSA) is 80.7 Å². The number of carboxylic acids is 1. The molecule has 6 heteroatoms. The Balaban J connectivity index is 2.23. The summed E-state index contributed by atoms with van der Waals surface area (Å²) in [7, 11) is -3.67. The van der Waals surface area contributed by atoms with E-state index in [1.54, 1.807) is 75.4 Å². The molecule has 3 aromatic carbocycles. The SMILES string of the molecule is Cc1cc(C)c(C(=O)P(=O)(c2ccccc2)c2ccccc2)c(C)c1OCC(=O)O. The van der Waals surface area contributed by atoms with Crippen LogP contribution in [-0.2, 0) is 9.36 Å². The highest BCUT2D eigenvalue weighted by Gasteiger charge is 2.38. The summed E-state index contributed by atoms with van der Waals surface area (Å²) in [6.07, 6.45) is 0. The van der Waals surface area contributed by atoms with E-state index in [0.717, 1.165) is 5.56 Å². The molecule has 0 saturated heterocycles. The maximum Gasteiger partial charge on any atom is 0.341 e. The molecule has 0 bridgehead atoms. The molecule has 0 amide bonds. The van der Waals surface area contributed by atoms with Crippen LogP contribution in [0.15, 0.2) is 66.7 Å². The van der Waals surface area contributed by atoms with Crippen molar-refractivity contribution in [1.29, 1.82) is 0 Å². The van der Waals surface area contributed by atoms with Crippen molar-refractivity contribution in [3.8, 4) is 5.75 Å². The summed E-state index contributed by atoms with van der Waals surface area (Å²) in [5.74, 6) is -0.777. The fourth-order valence-corrected chi connectivity index (χ4v) is 6.28. The Bertz CT molecular complexity index is 1090. The molecule has 0 radical (unpaired) electrons. The van der Waals surface area contributed by atoms with E-state index in [1.807, 2.05) is 12.1 Å². The van der Waals surface area contributed by atoms with Crippen LogP contribution in [0.25, 0.3) is 0 Å². The second-order valence-corrected chi connectivity index (χ2v) is 9.76. The highest BCUT2D eigenvalue weighted by Crippen LogP contribution is 2.48. The van der Waals surface area contributed by atoms with Gasteiger partial charge in [-0.1, -0.05) is 66.7 Å². The highest BCUT2D eigenvalue weighted by atomic mass is 31.2. The molecule has 3 aromatic rings. The van der Waals surface area contributed by atoms with Gasteiger partial charge < -0.3 is 14.4 Å². The van der Waals surface area contributed by atoms with Crippen LogP contribution < -0.4 is 15.3 Å². The second-order valence-electron chi connectivity index (χ2n) is 7.11. The van der Waals surface area contributed by atoms with Crippen molar-refractivity contribution in [2.24, 2.45) is 0 Å². The van der Waals surface area contributed by atoms with E-state index >= 15 is 0 Å². The van der Waals surface area contributed by atoms with Gasteiger partial charge in [0.2, 0.25) is 12.7 Å². The number of carboxylic acid groups (broad SMARTS) is 1. The first-order valence-corrected chi connectivity index (χ1v) is 11.2. The number of rotatable bonds is 7. The lowest BCUT2D eigenvalue weighted by Gasteiger charge is -2.22. The average molecular weight is 422 g/mol. The molecule has 0 unspecified atom stereocenters. The number of benzene rings is 3. The summed E-state index contributed by atoms with van der Waals surface area (Å²) >= 11 is 0. The van der Waals surface area contributed by atoms with Crippen LogP contribution in [0.4, 0.5) is 0 Å². The van der Waals surface area contributed by atoms with E-state index < -0.39 is 25.2 Å². The van der Waals surface area contributed by atoms with Gasteiger partial charge in [0.1, 0.15) is 5.75 Å².